The second-order valence-electron chi connectivity index (χ2n) is 5.29. The van der Waals surface area contributed by atoms with E-state index in [1.807, 2.05) is 36.7 Å². The minimum atomic E-state index is 0.121. The van der Waals surface area contributed by atoms with Crippen molar-refractivity contribution < 1.29 is 4.79 Å². The van der Waals surface area contributed by atoms with Crippen LogP contribution in [0.3, 0.4) is 0 Å². The molecule has 5 nitrogen and oxygen atoms in total. The van der Waals surface area contributed by atoms with Crippen LogP contribution in [0.4, 0.5) is 5.69 Å². The summed E-state index contributed by atoms with van der Waals surface area (Å²) in [6.07, 6.45) is 0.979. The molecular weight excluding hydrogens is 252 g/mol. The van der Waals surface area contributed by atoms with Crippen molar-refractivity contribution in [3.8, 4) is 0 Å². The number of hydrogen-bond donors (Lipinski definition) is 0. The quantitative estimate of drug-likeness (QED) is 0.799. The number of benzene rings is 1. The Morgan fingerprint density at radius 3 is 2.80 bits per heavy atom. The summed E-state index contributed by atoms with van der Waals surface area (Å²) in [6.45, 7) is 5.27. The van der Waals surface area contributed by atoms with E-state index in [0.29, 0.717) is 0 Å². The molecule has 20 heavy (non-hydrogen) atoms. The first kappa shape index (κ1) is 12.8. The Hall–Kier alpha value is -2.17. The Labute approximate surface area is 118 Å². The van der Waals surface area contributed by atoms with Gasteiger partial charge in [-0.1, -0.05) is 0 Å². The fourth-order valence-electron chi connectivity index (χ4n) is 2.61. The summed E-state index contributed by atoms with van der Waals surface area (Å²) >= 11 is 0. The fraction of sp³-hybridized carbons (Fsp3) is 0.400. The van der Waals surface area contributed by atoms with Gasteiger partial charge in [-0.15, -0.1) is 10.2 Å². The molecule has 0 saturated heterocycles. The van der Waals surface area contributed by atoms with E-state index in [-0.39, 0.29) is 5.78 Å². The van der Waals surface area contributed by atoms with Gasteiger partial charge in [0, 0.05) is 24.8 Å². The molecule has 0 aliphatic carbocycles. The molecule has 3 rings (SSSR count). The maximum absolute atomic E-state index is 11.4. The largest absolute Gasteiger partial charge is 0.363 e. The number of carbonyl (C=O) groups excluding carboxylic acids is 1. The zero-order valence-corrected chi connectivity index (χ0v) is 12.1. The van der Waals surface area contributed by atoms with Gasteiger partial charge in [0.1, 0.15) is 5.82 Å². The molecule has 1 aliphatic rings. The molecule has 0 bridgehead atoms. The second-order valence-corrected chi connectivity index (χ2v) is 5.29. The number of rotatable bonds is 3. The Bertz CT molecular complexity index is 675. The molecule has 0 N–H and O–H groups in total. The first-order valence-electron chi connectivity index (χ1n) is 6.80. The van der Waals surface area contributed by atoms with Crippen LogP contribution in [-0.2, 0) is 20.0 Å². The van der Waals surface area contributed by atoms with Gasteiger partial charge in [-0.25, -0.2) is 0 Å². The van der Waals surface area contributed by atoms with E-state index in [0.717, 1.165) is 36.7 Å². The number of hydrogen-bond acceptors (Lipinski definition) is 4. The Morgan fingerprint density at radius 2 is 2.15 bits per heavy atom. The van der Waals surface area contributed by atoms with Crippen LogP contribution in [0.1, 0.15) is 34.5 Å². The monoisotopic (exact) mass is 270 g/mol. The van der Waals surface area contributed by atoms with Crippen LogP contribution in [0, 0.1) is 6.92 Å². The van der Waals surface area contributed by atoms with Gasteiger partial charge in [0.05, 0.1) is 6.54 Å². The topological polar surface area (TPSA) is 51.0 Å². The van der Waals surface area contributed by atoms with Gasteiger partial charge in [-0.05, 0) is 44.0 Å². The number of Topliss-reactive ketones (excluding diaryl/α,β-unsaturated/α-hetero) is 1. The summed E-state index contributed by atoms with van der Waals surface area (Å²) in [6, 6.07) is 5.96. The Balaban J connectivity index is 1.86. The molecule has 5 heteroatoms. The van der Waals surface area contributed by atoms with Crippen molar-refractivity contribution in [3.05, 3.63) is 41.0 Å². The van der Waals surface area contributed by atoms with Crippen LogP contribution < -0.4 is 4.90 Å². The predicted octanol–water partition coefficient (Wildman–Crippen LogP) is 1.89. The van der Waals surface area contributed by atoms with Crippen LogP contribution >= 0.6 is 0 Å². The van der Waals surface area contributed by atoms with Crippen LogP contribution in [0.15, 0.2) is 18.2 Å². The minimum Gasteiger partial charge on any atom is -0.363 e. The molecule has 2 heterocycles. The van der Waals surface area contributed by atoms with Crippen LogP contribution in [-0.4, -0.2) is 27.1 Å². The van der Waals surface area contributed by atoms with Crippen LogP contribution in [0.25, 0.3) is 0 Å². The molecule has 0 spiro atoms. The summed E-state index contributed by atoms with van der Waals surface area (Å²) in [4.78, 5) is 13.7. The lowest BCUT2D eigenvalue weighted by Crippen LogP contribution is -2.22. The first-order valence-corrected chi connectivity index (χ1v) is 6.80. The molecule has 104 valence electrons. The van der Waals surface area contributed by atoms with E-state index in [1.165, 1.54) is 11.3 Å². The number of carbonyl (C=O) groups is 1. The van der Waals surface area contributed by atoms with Crippen molar-refractivity contribution in [2.24, 2.45) is 7.05 Å². The van der Waals surface area contributed by atoms with E-state index < -0.39 is 0 Å². The SMILES string of the molecule is CC(=O)c1ccc2c(c1)CCN2Cc1nnc(C)n1C. The van der Waals surface area contributed by atoms with Crippen molar-refractivity contribution in [2.75, 3.05) is 11.4 Å². The lowest BCUT2D eigenvalue weighted by molar-refractivity contribution is 0.101. The number of anilines is 1. The summed E-state index contributed by atoms with van der Waals surface area (Å²) in [5.41, 5.74) is 3.24. The third kappa shape index (κ3) is 2.09. The van der Waals surface area contributed by atoms with E-state index >= 15 is 0 Å². The summed E-state index contributed by atoms with van der Waals surface area (Å²) in [5.74, 6) is 2.01. The molecule has 1 aromatic heterocycles. The standard InChI is InChI=1S/C15H18N4O/c1-10(20)12-4-5-14-13(8-12)6-7-19(14)9-15-17-16-11(2)18(15)3/h4-5,8H,6-7,9H2,1-3H3. The van der Waals surface area contributed by atoms with Gasteiger partial charge in [0.15, 0.2) is 11.6 Å². The summed E-state index contributed by atoms with van der Waals surface area (Å²) in [7, 11) is 1.99. The fourth-order valence-corrected chi connectivity index (χ4v) is 2.61. The highest BCUT2D eigenvalue weighted by atomic mass is 16.1. The average molecular weight is 270 g/mol. The minimum absolute atomic E-state index is 0.121. The summed E-state index contributed by atoms with van der Waals surface area (Å²) < 4.78 is 2.02. The maximum Gasteiger partial charge on any atom is 0.159 e. The van der Waals surface area contributed by atoms with Crippen LogP contribution in [0.5, 0.6) is 0 Å². The van der Waals surface area contributed by atoms with E-state index in [2.05, 4.69) is 15.1 Å². The van der Waals surface area contributed by atoms with Gasteiger partial charge < -0.3 is 9.47 Å². The van der Waals surface area contributed by atoms with Crippen LogP contribution in [0.2, 0.25) is 0 Å². The molecule has 1 aromatic carbocycles. The number of nitrogens with zero attached hydrogens (tertiary/aromatic N) is 4. The smallest absolute Gasteiger partial charge is 0.159 e. The molecule has 1 aliphatic heterocycles. The van der Waals surface area contributed by atoms with E-state index in [1.54, 1.807) is 6.92 Å². The zero-order valence-electron chi connectivity index (χ0n) is 12.1. The molecule has 0 amide bonds. The van der Waals surface area contributed by atoms with Gasteiger partial charge in [0.2, 0.25) is 0 Å². The highest BCUT2D eigenvalue weighted by Crippen LogP contribution is 2.30. The molecule has 0 atom stereocenters. The van der Waals surface area contributed by atoms with Gasteiger partial charge in [0.25, 0.3) is 0 Å². The van der Waals surface area contributed by atoms with E-state index in [4.69, 9.17) is 0 Å². The third-order valence-corrected chi connectivity index (χ3v) is 3.99. The number of fused-ring (bicyclic) bond motifs is 1. The third-order valence-electron chi connectivity index (χ3n) is 3.99. The highest BCUT2D eigenvalue weighted by molar-refractivity contribution is 5.94. The Kier molecular flexibility index (Phi) is 3.04. The van der Waals surface area contributed by atoms with Gasteiger partial charge in [-0.3, -0.25) is 4.79 Å². The molecule has 0 radical (unpaired) electrons. The Morgan fingerprint density at radius 1 is 1.35 bits per heavy atom. The molecule has 0 unspecified atom stereocenters. The lowest BCUT2D eigenvalue weighted by atomic mass is 10.1. The van der Waals surface area contributed by atoms with Gasteiger partial charge in [-0.2, -0.15) is 0 Å². The van der Waals surface area contributed by atoms with Gasteiger partial charge >= 0.3 is 0 Å². The van der Waals surface area contributed by atoms with Crippen molar-refractivity contribution >= 4 is 11.5 Å². The van der Waals surface area contributed by atoms with Crippen molar-refractivity contribution in [2.45, 2.75) is 26.8 Å². The number of aryl methyl sites for hydroxylation is 1. The zero-order chi connectivity index (χ0) is 14.3. The van der Waals surface area contributed by atoms with E-state index in [9.17, 15) is 4.79 Å². The average Bonchev–Trinajstić information content (AvgIpc) is 2.97. The normalized spacial score (nSPS) is 13.7. The molecule has 2 aromatic rings. The van der Waals surface area contributed by atoms with Crippen molar-refractivity contribution in [1.82, 2.24) is 14.8 Å². The second kappa shape index (κ2) is 4.74. The lowest BCUT2D eigenvalue weighted by Gasteiger charge is -2.18. The summed E-state index contributed by atoms with van der Waals surface area (Å²) in [5, 5.41) is 8.31. The predicted molar refractivity (Wildman–Crippen MR) is 76.9 cm³/mol. The van der Waals surface area contributed by atoms with Crippen molar-refractivity contribution in [3.63, 3.8) is 0 Å². The van der Waals surface area contributed by atoms with Crippen molar-refractivity contribution in [1.29, 1.82) is 0 Å². The first-order chi connectivity index (χ1) is 9.56. The molecule has 0 saturated carbocycles. The highest BCUT2D eigenvalue weighted by Gasteiger charge is 2.21. The molecule has 0 fully saturated rings. The number of ketones is 1. The maximum atomic E-state index is 11.4. The number of aromatic nitrogens is 3. The molecular formula is C15H18N4O.